The van der Waals surface area contributed by atoms with Crippen molar-refractivity contribution in [2.75, 3.05) is 0 Å². The summed E-state index contributed by atoms with van der Waals surface area (Å²) < 4.78 is 5.34. The van der Waals surface area contributed by atoms with E-state index in [0.29, 0.717) is 5.84 Å². The molecule has 4 rings (SSSR count). The highest BCUT2D eigenvalue weighted by atomic mass is 31.2. The van der Waals surface area contributed by atoms with Gasteiger partial charge in [-0.3, -0.25) is 0 Å². The molecule has 0 aliphatic heterocycles. The lowest BCUT2D eigenvalue weighted by molar-refractivity contribution is 1.21. The third kappa shape index (κ3) is 4.69. The van der Waals surface area contributed by atoms with Crippen molar-refractivity contribution in [1.29, 1.82) is 0 Å². The Morgan fingerprint density at radius 2 is 0.875 bits per heavy atom. The second kappa shape index (κ2) is 10.2. The Bertz CT molecular complexity index is 1160. The summed E-state index contributed by atoms with van der Waals surface area (Å²) in [5, 5.41) is 12.6. The Kier molecular flexibility index (Phi) is 6.89. The van der Waals surface area contributed by atoms with Crippen LogP contribution in [0, 0.1) is 0 Å². The summed E-state index contributed by atoms with van der Waals surface area (Å²) in [6.07, 6.45) is 0. The van der Waals surface area contributed by atoms with Gasteiger partial charge in [-0.15, -0.1) is 5.10 Å². The summed E-state index contributed by atoms with van der Waals surface area (Å²) in [4.78, 5) is 0. The molecule has 0 aliphatic rings. The zero-order chi connectivity index (χ0) is 22.2. The quantitative estimate of drug-likeness (QED) is 0.159. The van der Waals surface area contributed by atoms with Crippen LogP contribution in [-0.2, 0) is 0 Å². The van der Waals surface area contributed by atoms with Gasteiger partial charge in [0.1, 0.15) is 5.84 Å². The predicted octanol–water partition coefficient (Wildman–Crippen LogP) is 6.01. The third-order valence-electron chi connectivity index (χ3n) is 5.22. The molecule has 0 saturated heterocycles. The van der Waals surface area contributed by atoms with Crippen LogP contribution in [0.15, 0.2) is 136 Å². The van der Waals surface area contributed by atoms with Gasteiger partial charge in [0, 0.05) is 15.9 Å². The Balaban J connectivity index is 1.94. The largest absolute Gasteiger partial charge is 0.237 e. The second-order valence-electron chi connectivity index (χ2n) is 7.44. The van der Waals surface area contributed by atoms with E-state index in [1.165, 1.54) is 15.9 Å². The molecular weight excluding hydrogens is 409 g/mol. The first-order valence-corrected chi connectivity index (χ1v) is 12.4. The molecule has 0 spiro atoms. The monoisotopic (exact) mass is 435 g/mol. The summed E-state index contributed by atoms with van der Waals surface area (Å²) >= 11 is 0. The van der Waals surface area contributed by atoms with E-state index in [1.54, 1.807) is 0 Å². The maximum absolute atomic E-state index is 5.34. The molecule has 0 atom stereocenters. The SMILES string of the molecule is C/C(N=P(c1ccccc1)(c1ccccc1)c1ccccc1)=N/N=C(\C)c1ccccc1. The van der Waals surface area contributed by atoms with Crippen LogP contribution >= 0.6 is 7.05 Å². The normalized spacial score (nSPS) is 12.4. The molecule has 4 heteroatoms. The van der Waals surface area contributed by atoms with Crippen LogP contribution < -0.4 is 15.9 Å². The van der Waals surface area contributed by atoms with Gasteiger partial charge in [-0.1, -0.05) is 121 Å². The van der Waals surface area contributed by atoms with E-state index in [2.05, 4.69) is 83.0 Å². The Hall–Kier alpha value is -3.55. The third-order valence-corrected chi connectivity index (χ3v) is 8.95. The van der Waals surface area contributed by atoms with Crippen LogP contribution in [0.5, 0.6) is 0 Å². The van der Waals surface area contributed by atoms with Crippen LogP contribution in [0.2, 0.25) is 0 Å². The van der Waals surface area contributed by atoms with Crippen LogP contribution in [0.3, 0.4) is 0 Å². The van der Waals surface area contributed by atoms with Crippen molar-refractivity contribution in [2.45, 2.75) is 13.8 Å². The minimum atomic E-state index is -2.32. The average molecular weight is 436 g/mol. The molecule has 3 nitrogen and oxygen atoms in total. The van der Waals surface area contributed by atoms with Crippen molar-refractivity contribution in [2.24, 2.45) is 14.9 Å². The van der Waals surface area contributed by atoms with Crippen molar-refractivity contribution in [3.8, 4) is 0 Å². The molecule has 32 heavy (non-hydrogen) atoms. The molecule has 4 aromatic carbocycles. The Labute approximate surface area is 190 Å². The van der Waals surface area contributed by atoms with Gasteiger partial charge in [-0.05, 0) is 19.4 Å². The number of rotatable bonds is 5. The van der Waals surface area contributed by atoms with Crippen molar-refractivity contribution < 1.29 is 0 Å². The Morgan fingerprint density at radius 1 is 0.500 bits per heavy atom. The van der Waals surface area contributed by atoms with Gasteiger partial charge in [-0.2, -0.15) is 5.10 Å². The molecule has 0 heterocycles. The maximum atomic E-state index is 5.34. The highest BCUT2D eigenvalue weighted by Gasteiger charge is 2.27. The van der Waals surface area contributed by atoms with E-state index in [0.717, 1.165) is 11.3 Å². The summed E-state index contributed by atoms with van der Waals surface area (Å²) in [5.41, 5.74) is 1.92. The average Bonchev–Trinajstić information content (AvgIpc) is 2.88. The van der Waals surface area contributed by atoms with E-state index >= 15 is 0 Å². The number of benzene rings is 4. The number of nitrogens with zero attached hydrogens (tertiary/aromatic N) is 3. The molecule has 0 N–H and O–H groups in total. The molecule has 158 valence electrons. The van der Waals surface area contributed by atoms with Gasteiger partial charge in [0.15, 0.2) is 0 Å². The molecule has 0 radical (unpaired) electrons. The topological polar surface area (TPSA) is 37.1 Å². The summed E-state index contributed by atoms with van der Waals surface area (Å²) in [7, 11) is -2.32. The van der Waals surface area contributed by atoms with Gasteiger partial charge in [0.2, 0.25) is 0 Å². The molecule has 0 amide bonds. The van der Waals surface area contributed by atoms with Crippen LogP contribution in [0.25, 0.3) is 0 Å². The first-order chi connectivity index (χ1) is 15.7. The highest BCUT2D eigenvalue weighted by Crippen LogP contribution is 2.46. The first kappa shape index (κ1) is 21.7. The number of amidine groups is 1. The van der Waals surface area contributed by atoms with Crippen molar-refractivity contribution in [3.05, 3.63) is 127 Å². The van der Waals surface area contributed by atoms with Crippen molar-refractivity contribution in [1.82, 2.24) is 0 Å². The van der Waals surface area contributed by atoms with E-state index in [1.807, 2.05) is 62.4 Å². The molecular formula is C28H26N3P. The lowest BCUT2D eigenvalue weighted by Crippen LogP contribution is -2.26. The maximum Gasteiger partial charge on any atom is 0.147 e. The van der Waals surface area contributed by atoms with Gasteiger partial charge < -0.3 is 0 Å². The van der Waals surface area contributed by atoms with E-state index in [4.69, 9.17) is 4.74 Å². The summed E-state index contributed by atoms with van der Waals surface area (Å²) in [5.74, 6) is 0.658. The fourth-order valence-electron chi connectivity index (χ4n) is 3.67. The fourth-order valence-corrected chi connectivity index (χ4v) is 7.20. The molecule has 0 saturated carbocycles. The van der Waals surface area contributed by atoms with Crippen LogP contribution in [-0.4, -0.2) is 11.5 Å². The molecule has 0 fully saturated rings. The van der Waals surface area contributed by atoms with Crippen LogP contribution in [0.1, 0.15) is 19.4 Å². The van der Waals surface area contributed by atoms with E-state index in [-0.39, 0.29) is 0 Å². The zero-order valence-corrected chi connectivity index (χ0v) is 19.2. The molecule has 0 aliphatic carbocycles. The van der Waals surface area contributed by atoms with Gasteiger partial charge >= 0.3 is 0 Å². The van der Waals surface area contributed by atoms with E-state index in [9.17, 15) is 0 Å². The standard InChI is InChI=1S/C28H26N3P/c1-23(25-15-7-3-8-16-25)29-30-24(2)31-32(26-17-9-4-10-18-26,27-19-11-5-12-20-27)28-21-13-6-14-22-28/h3-22H,1-2H3/b29-23+,30-24-. The molecule has 0 aromatic heterocycles. The Morgan fingerprint density at radius 3 is 1.28 bits per heavy atom. The lowest BCUT2D eigenvalue weighted by Gasteiger charge is -2.26. The highest BCUT2D eigenvalue weighted by molar-refractivity contribution is 7.87. The minimum Gasteiger partial charge on any atom is -0.237 e. The van der Waals surface area contributed by atoms with Crippen molar-refractivity contribution >= 4 is 34.5 Å². The zero-order valence-electron chi connectivity index (χ0n) is 18.3. The lowest BCUT2D eigenvalue weighted by atomic mass is 10.1. The van der Waals surface area contributed by atoms with Crippen molar-refractivity contribution in [3.63, 3.8) is 0 Å². The molecule has 4 aromatic rings. The predicted molar refractivity (Wildman–Crippen MR) is 139 cm³/mol. The van der Waals surface area contributed by atoms with Gasteiger partial charge in [0.05, 0.1) is 12.8 Å². The summed E-state index contributed by atoms with van der Waals surface area (Å²) in [6, 6.07) is 41.7. The van der Waals surface area contributed by atoms with Crippen LogP contribution in [0.4, 0.5) is 0 Å². The minimum absolute atomic E-state index is 0.658. The molecule has 0 unspecified atom stereocenters. The summed E-state index contributed by atoms with van der Waals surface area (Å²) in [6.45, 7) is 3.91. The number of hydrogen-bond donors (Lipinski definition) is 0. The smallest absolute Gasteiger partial charge is 0.147 e. The number of hydrogen-bond acceptors (Lipinski definition) is 2. The molecule has 0 bridgehead atoms. The first-order valence-electron chi connectivity index (χ1n) is 10.6. The fraction of sp³-hybridized carbons (Fsp3) is 0.0714. The second-order valence-corrected chi connectivity index (χ2v) is 10.5. The van der Waals surface area contributed by atoms with E-state index < -0.39 is 7.05 Å². The van der Waals surface area contributed by atoms with Gasteiger partial charge in [0.25, 0.3) is 0 Å². The van der Waals surface area contributed by atoms with Gasteiger partial charge in [-0.25, -0.2) is 4.74 Å².